The Bertz CT molecular complexity index is 526. The number of aliphatic carboxylic acids is 1. The van der Waals surface area contributed by atoms with Crippen molar-refractivity contribution in [3.8, 4) is 0 Å². The minimum absolute atomic E-state index is 0.0512. The molecule has 0 atom stereocenters. The Kier molecular flexibility index (Phi) is 2.54. The summed E-state index contributed by atoms with van der Waals surface area (Å²) in [6.07, 6.45) is 9.84. The van der Waals surface area contributed by atoms with Gasteiger partial charge >= 0.3 is 5.97 Å². The Morgan fingerprint density at radius 3 is 2.35 bits per heavy atom. The summed E-state index contributed by atoms with van der Waals surface area (Å²) < 4.78 is 2.31. The molecule has 1 heterocycles. The molecule has 0 radical (unpaired) electrons. The van der Waals surface area contributed by atoms with Crippen LogP contribution < -0.4 is 0 Å². The highest BCUT2D eigenvalue weighted by molar-refractivity contribution is 5.69. The van der Waals surface area contributed by atoms with Gasteiger partial charge in [0.15, 0.2) is 0 Å². The van der Waals surface area contributed by atoms with Gasteiger partial charge in [0.25, 0.3) is 0 Å². The van der Waals surface area contributed by atoms with Gasteiger partial charge in [0.2, 0.25) is 0 Å². The van der Waals surface area contributed by atoms with Crippen LogP contribution in [0.2, 0.25) is 0 Å². The van der Waals surface area contributed by atoms with E-state index in [1.165, 1.54) is 38.5 Å². The Hall–Kier alpha value is -1.32. The molecule has 4 saturated carbocycles. The van der Waals surface area contributed by atoms with Crippen molar-refractivity contribution in [3.05, 3.63) is 17.7 Å². The lowest BCUT2D eigenvalue weighted by Gasteiger charge is -2.57. The van der Waals surface area contributed by atoms with Crippen molar-refractivity contribution in [3.63, 3.8) is 0 Å². The predicted molar refractivity (Wildman–Crippen MR) is 74.4 cm³/mol. The van der Waals surface area contributed by atoms with Crippen LogP contribution in [-0.4, -0.2) is 20.6 Å². The maximum atomic E-state index is 11.1. The summed E-state index contributed by atoms with van der Waals surface area (Å²) in [6.45, 7) is 2.08. The van der Waals surface area contributed by atoms with Gasteiger partial charge in [-0.05, 0) is 63.2 Å². The first kappa shape index (κ1) is 12.4. The summed E-state index contributed by atoms with van der Waals surface area (Å²) in [7, 11) is 0. The van der Waals surface area contributed by atoms with Crippen LogP contribution in [-0.2, 0) is 16.8 Å². The van der Waals surface area contributed by atoms with Crippen LogP contribution >= 0.6 is 0 Å². The first-order valence-electron chi connectivity index (χ1n) is 7.81. The van der Waals surface area contributed by atoms with Crippen molar-refractivity contribution >= 4 is 5.97 Å². The standard InChI is InChI=1S/C16H22N2O2/c1-10-9-17-14(5-15(19)20)18(10)16-6-11-2-12(7-16)4-13(3-11)8-16/h9,11-13H,2-8H2,1H3,(H,19,20). The van der Waals surface area contributed by atoms with E-state index >= 15 is 0 Å². The number of hydrogen-bond donors (Lipinski definition) is 1. The van der Waals surface area contributed by atoms with Crippen LogP contribution in [0.3, 0.4) is 0 Å². The highest BCUT2D eigenvalue weighted by Crippen LogP contribution is 2.59. The summed E-state index contributed by atoms with van der Waals surface area (Å²) in [5.74, 6) is 2.57. The van der Waals surface area contributed by atoms with E-state index in [2.05, 4.69) is 16.5 Å². The lowest BCUT2D eigenvalue weighted by molar-refractivity contribution is -0.136. The zero-order valence-corrected chi connectivity index (χ0v) is 12.0. The monoisotopic (exact) mass is 274 g/mol. The van der Waals surface area contributed by atoms with Gasteiger partial charge in [-0.1, -0.05) is 0 Å². The summed E-state index contributed by atoms with van der Waals surface area (Å²) in [5.41, 5.74) is 1.32. The van der Waals surface area contributed by atoms with Crippen molar-refractivity contribution < 1.29 is 9.90 Å². The second-order valence-corrected chi connectivity index (χ2v) is 7.36. The zero-order valence-electron chi connectivity index (χ0n) is 12.0. The average Bonchev–Trinajstić information content (AvgIpc) is 2.68. The molecular formula is C16H22N2O2. The Morgan fingerprint density at radius 1 is 1.30 bits per heavy atom. The second-order valence-electron chi connectivity index (χ2n) is 7.36. The molecule has 0 saturated heterocycles. The molecule has 0 amide bonds. The van der Waals surface area contributed by atoms with Crippen LogP contribution in [0, 0.1) is 24.7 Å². The summed E-state index contributed by atoms with van der Waals surface area (Å²) >= 11 is 0. The molecular weight excluding hydrogens is 252 g/mol. The van der Waals surface area contributed by atoms with Gasteiger partial charge in [0.05, 0.1) is 0 Å². The molecule has 0 aliphatic heterocycles. The van der Waals surface area contributed by atoms with Gasteiger partial charge < -0.3 is 9.67 Å². The molecule has 108 valence electrons. The molecule has 20 heavy (non-hydrogen) atoms. The van der Waals surface area contributed by atoms with Crippen molar-refractivity contribution in [2.75, 3.05) is 0 Å². The van der Waals surface area contributed by atoms with E-state index in [0.717, 1.165) is 29.3 Å². The Labute approximate surface area is 119 Å². The van der Waals surface area contributed by atoms with Crippen LogP contribution in [0.15, 0.2) is 6.20 Å². The van der Waals surface area contributed by atoms with Gasteiger partial charge in [0.1, 0.15) is 12.2 Å². The molecule has 1 aromatic rings. The number of carboxylic acids is 1. The average molecular weight is 274 g/mol. The lowest BCUT2D eigenvalue weighted by atomic mass is 9.53. The molecule has 1 N–H and O–H groups in total. The van der Waals surface area contributed by atoms with E-state index in [4.69, 9.17) is 5.11 Å². The molecule has 4 bridgehead atoms. The molecule has 1 aromatic heterocycles. The van der Waals surface area contributed by atoms with Gasteiger partial charge in [-0.3, -0.25) is 4.79 Å². The second kappa shape index (κ2) is 4.09. The van der Waals surface area contributed by atoms with Crippen LogP contribution in [0.5, 0.6) is 0 Å². The lowest BCUT2D eigenvalue weighted by Crippen LogP contribution is -2.52. The fourth-order valence-corrected chi connectivity index (χ4v) is 5.73. The SMILES string of the molecule is Cc1cnc(CC(=O)O)n1C12CC3CC(CC(C3)C1)C2. The van der Waals surface area contributed by atoms with Crippen LogP contribution in [0.25, 0.3) is 0 Å². The maximum Gasteiger partial charge on any atom is 0.311 e. The fraction of sp³-hybridized carbons (Fsp3) is 0.750. The minimum Gasteiger partial charge on any atom is -0.481 e. The van der Waals surface area contributed by atoms with Gasteiger partial charge in [-0.15, -0.1) is 0 Å². The Morgan fingerprint density at radius 2 is 1.85 bits per heavy atom. The van der Waals surface area contributed by atoms with Crippen LogP contribution in [0.4, 0.5) is 0 Å². The molecule has 0 spiro atoms. The molecule has 5 rings (SSSR count). The normalized spacial score (nSPS) is 38.4. The third kappa shape index (κ3) is 1.73. The number of imidazole rings is 1. The third-order valence-electron chi connectivity index (χ3n) is 5.80. The number of rotatable bonds is 3. The van der Waals surface area contributed by atoms with Crippen molar-refractivity contribution in [1.29, 1.82) is 0 Å². The summed E-state index contributed by atoms with van der Waals surface area (Å²) in [4.78, 5) is 15.5. The van der Waals surface area contributed by atoms with Crippen molar-refractivity contribution in [1.82, 2.24) is 9.55 Å². The fourth-order valence-electron chi connectivity index (χ4n) is 5.73. The van der Waals surface area contributed by atoms with E-state index in [1.807, 2.05) is 6.20 Å². The van der Waals surface area contributed by atoms with Gasteiger partial charge in [0, 0.05) is 17.4 Å². The first-order chi connectivity index (χ1) is 9.56. The van der Waals surface area contributed by atoms with E-state index in [-0.39, 0.29) is 12.0 Å². The highest BCUT2D eigenvalue weighted by Gasteiger charge is 2.52. The van der Waals surface area contributed by atoms with E-state index in [9.17, 15) is 4.79 Å². The quantitative estimate of drug-likeness (QED) is 0.922. The summed E-state index contributed by atoms with van der Waals surface area (Å²) in [5, 5.41) is 9.13. The first-order valence-corrected chi connectivity index (χ1v) is 7.81. The maximum absolute atomic E-state index is 11.1. The molecule has 4 heteroatoms. The predicted octanol–water partition coefficient (Wildman–Crippen LogP) is 2.74. The molecule has 4 fully saturated rings. The van der Waals surface area contributed by atoms with E-state index in [1.54, 1.807) is 0 Å². The summed E-state index contributed by atoms with van der Waals surface area (Å²) in [6, 6.07) is 0. The highest BCUT2D eigenvalue weighted by atomic mass is 16.4. The van der Waals surface area contributed by atoms with Crippen LogP contribution in [0.1, 0.15) is 50.0 Å². The van der Waals surface area contributed by atoms with Gasteiger partial charge in [-0.2, -0.15) is 0 Å². The Balaban J connectivity index is 1.77. The molecule has 4 aliphatic carbocycles. The van der Waals surface area contributed by atoms with E-state index in [0.29, 0.717) is 0 Å². The number of carbonyl (C=O) groups is 1. The number of nitrogens with zero attached hydrogens (tertiary/aromatic N) is 2. The number of hydrogen-bond acceptors (Lipinski definition) is 2. The number of aromatic nitrogens is 2. The van der Waals surface area contributed by atoms with Crippen molar-refractivity contribution in [2.45, 2.75) is 57.4 Å². The minimum atomic E-state index is -0.776. The third-order valence-corrected chi connectivity index (χ3v) is 5.80. The molecule has 4 aliphatic rings. The largest absolute Gasteiger partial charge is 0.481 e. The zero-order chi connectivity index (χ0) is 13.9. The number of aryl methyl sites for hydroxylation is 1. The topological polar surface area (TPSA) is 55.1 Å². The molecule has 0 aromatic carbocycles. The molecule has 4 nitrogen and oxygen atoms in total. The van der Waals surface area contributed by atoms with Gasteiger partial charge in [-0.25, -0.2) is 4.98 Å². The smallest absolute Gasteiger partial charge is 0.311 e. The molecule has 0 unspecified atom stereocenters. The number of carboxylic acid groups (broad SMARTS) is 1. The van der Waals surface area contributed by atoms with E-state index < -0.39 is 5.97 Å². The van der Waals surface area contributed by atoms with Crippen molar-refractivity contribution in [2.24, 2.45) is 17.8 Å².